The van der Waals surface area contributed by atoms with Gasteiger partial charge in [-0.3, -0.25) is 9.59 Å². The van der Waals surface area contributed by atoms with Crippen LogP contribution in [-0.2, 0) is 25.8 Å². The second-order valence-corrected chi connectivity index (χ2v) is 9.47. The van der Waals surface area contributed by atoms with E-state index in [0.717, 1.165) is 18.4 Å². The number of carboxylic acid groups (broad SMARTS) is 1. The maximum atomic E-state index is 12.3. The fourth-order valence-electron chi connectivity index (χ4n) is 3.65. The van der Waals surface area contributed by atoms with Crippen LogP contribution in [0.15, 0.2) is 30.3 Å². The number of aryl methyl sites for hydroxylation is 1. The first-order valence-electron chi connectivity index (χ1n) is 9.00. The van der Waals surface area contributed by atoms with Gasteiger partial charge in [-0.25, -0.2) is 8.42 Å². The number of carboxylic acids is 1. The molecule has 0 bridgehead atoms. The molecule has 2 unspecified atom stereocenters. The smallest absolute Gasteiger partial charge is 0.308 e. The van der Waals surface area contributed by atoms with Crippen LogP contribution >= 0.6 is 0 Å². The lowest BCUT2D eigenvalue weighted by Gasteiger charge is -2.39. The van der Waals surface area contributed by atoms with Gasteiger partial charge in [0, 0.05) is 0 Å². The first-order valence-corrected chi connectivity index (χ1v) is 10.8. The summed E-state index contributed by atoms with van der Waals surface area (Å²) in [5.41, 5.74) is 0.173. The third-order valence-corrected chi connectivity index (χ3v) is 6.66. The summed E-state index contributed by atoms with van der Waals surface area (Å²) in [6.45, 7) is 1.70. The summed E-state index contributed by atoms with van der Waals surface area (Å²) in [5, 5.41) is 12.1. The zero-order chi connectivity index (χ0) is 19.2. The molecule has 1 aliphatic rings. The van der Waals surface area contributed by atoms with Crippen LogP contribution in [0.25, 0.3) is 0 Å². The minimum Gasteiger partial charge on any atom is -0.481 e. The molecule has 1 aromatic rings. The molecule has 0 saturated heterocycles. The van der Waals surface area contributed by atoms with Crippen LogP contribution in [0.5, 0.6) is 0 Å². The van der Waals surface area contributed by atoms with E-state index in [2.05, 4.69) is 5.32 Å². The number of nitrogens with one attached hydrogen (secondary N) is 1. The topological polar surface area (TPSA) is 101 Å². The van der Waals surface area contributed by atoms with E-state index in [1.54, 1.807) is 6.92 Å². The van der Waals surface area contributed by atoms with Crippen LogP contribution in [0, 0.1) is 5.92 Å². The molecule has 0 heterocycles. The molecule has 1 amide bonds. The van der Waals surface area contributed by atoms with Crippen LogP contribution in [0.1, 0.15) is 44.6 Å². The highest BCUT2D eigenvalue weighted by Crippen LogP contribution is 2.33. The molecule has 144 valence electrons. The van der Waals surface area contributed by atoms with Gasteiger partial charge in [0.05, 0.1) is 17.2 Å². The minimum atomic E-state index is -3.53. The summed E-state index contributed by atoms with van der Waals surface area (Å²) in [7, 11) is -3.53. The number of hydrogen-bond acceptors (Lipinski definition) is 4. The molecule has 1 aromatic carbocycles. The van der Waals surface area contributed by atoms with Crippen molar-refractivity contribution in [1.82, 2.24) is 5.32 Å². The standard InChI is InChI=1S/C19H27NO5S/c1-19(12-6-5-11-16(19)18(22)23)20-17(21)14-26(24,25)13-7-10-15-8-3-2-4-9-15/h2-4,8-9,16H,5-7,10-14H2,1H3,(H,20,21)(H,22,23). The fraction of sp³-hybridized carbons (Fsp3) is 0.579. The van der Waals surface area contributed by atoms with Gasteiger partial charge in [-0.15, -0.1) is 0 Å². The van der Waals surface area contributed by atoms with E-state index in [1.165, 1.54) is 0 Å². The van der Waals surface area contributed by atoms with E-state index in [-0.39, 0.29) is 5.75 Å². The van der Waals surface area contributed by atoms with Crippen molar-refractivity contribution in [2.75, 3.05) is 11.5 Å². The monoisotopic (exact) mass is 381 g/mol. The van der Waals surface area contributed by atoms with E-state index >= 15 is 0 Å². The highest BCUT2D eigenvalue weighted by molar-refractivity contribution is 7.92. The van der Waals surface area contributed by atoms with Gasteiger partial charge in [0.25, 0.3) is 0 Å². The number of amides is 1. The second-order valence-electron chi connectivity index (χ2n) is 7.28. The molecule has 6 nitrogen and oxygen atoms in total. The lowest BCUT2D eigenvalue weighted by Crippen LogP contribution is -2.56. The summed E-state index contributed by atoms with van der Waals surface area (Å²) >= 11 is 0. The van der Waals surface area contributed by atoms with Crippen LogP contribution in [0.4, 0.5) is 0 Å². The molecular weight excluding hydrogens is 354 g/mol. The predicted octanol–water partition coefficient (Wildman–Crippen LogP) is 2.18. The Balaban J connectivity index is 1.87. The molecule has 0 spiro atoms. The van der Waals surface area contributed by atoms with Crippen molar-refractivity contribution < 1.29 is 23.1 Å². The van der Waals surface area contributed by atoms with Gasteiger partial charge in [-0.2, -0.15) is 0 Å². The molecule has 1 fully saturated rings. The zero-order valence-electron chi connectivity index (χ0n) is 15.1. The molecule has 2 N–H and O–H groups in total. The largest absolute Gasteiger partial charge is 0.481 e. The van der Waals surface area contributed by atoms with Crippen molar-refractivity contribution in [3.05, 3.63) is 35.9 Å². The predicted molar refractivity (Wildman–Crippen MR) is 99.6 cm³/mol. The van der Waals surface area contributed by atoms with Gasteiger partial charge in [0.2, 0.25) is 5.91 Å². The molecule has 1 saturated carbocycles. The van der Waals surface area contributed by atoms with Gasteiger partial charge in [0.1, 0.15) is 5.75 Å². The Labute approximate surface area is 154 Å². The number of rotatable bonds is 8. The van der Waals surface area contributed by atoms with E-state index < -0.39 is 38.9 Å². The SMILES string of the molecule is CC1(NC(=O)CS(=O)(=O)CCCc2ccccc2)CCCCC1C(=O)O. The third kappa shape index (κ3) is 5.83. The maximum absolute atomic E-state index is 12.3. The molecule has 7 heteroatoms. The fourth-order valence-corrected chi connectivity index (χ4v) is 4.85. The molecule has 2 rings (SSSR count). The van der Waals surface area contributed by atoms with E-state index in [4.69, 9.17) is 0 Å². The summed E-state index contributed by atoms with van der Waals surface area (Å²) in [6, 6.07) is 9.59. The van der Waals surface area contributed by atoms with Gasteiger partial charge < -0.3 is 10.4 Å². The Morgan fingerprint density at radius 1 is 1.23 bits per heavy atom. The molecule has 26 heavy (non-hydrogen) atoms. The Morgan fingerprint density at radius 2 is 1.92 bits per heavy atom. The lowest BCUT2D eigenvalue weighted by atomic mass is 9.74. The second kappa shape index (κ2) is 8.66. The van der Waals surface area contributed by atoms with Crippen molar-refractivity contribution in [3.63, 3.8) is 0 Å². The van der Waals surface area contributed by atoms with Crippen molar-refractivity contribution >= 4 is 21.7 Å². The van der Waals surface area contributed by atoms with E-state index in [1.807, 2.05) is 30.3 Å². The summed E-state index contributed by atoms with van der Waals surface area (Å²) in [4.78, 5) is 23.7. The highest BCUT2D eigenvalue weighted by Gasteiger charge is 2.42. The number of benzene rings is 1. The molecule has 0 aromatic heterocycles. The van der Waals surface area contributed by atoms with Gasteiger partial charge in [0.15, 0.2) is 9.84 Å². The van der Waals surface area contributed by atoms with Crippen LogP contribution in [0.3, 0.4) is 0 Å². The summed E-state index contributed by atoms with van der Waals surface area (Å²) < 4.78 is 24.4. The zero-order valence-corrected chi connectivity index (χ0v) is 15.9. The van der Waals surface area contributed by atoms with Crippen molar-refractivity contribution in [2.24, 2.45) is 5.92 Å². The van der Waals surface area contributed by atoms with Gasteiger partial charge in [-0.05, 0) is 38.2 Å². The number of carbonyl (C=O) groups excluding carboxylic acids is 1. The minimum absolute atomic E-state index is 0.0611. The lowest BCUT2D eigenvalue weighted by molar-refractivity contribution is -0.146. The van der Waals surface area contributed by atoms with Crippen molar-refractivity contribution in [2.45, 2.75) is 51.0 Å². The molecule has 0 radical (unpaired) electrons. The van der Waals surface area contributed by atoms with Crippen molar-refractivity contribution in [3.8, 4) is 0 Å². The van der Waals surface area contributed by atoms with Gasteiger partial charge in [-0.1, -0.05) is 43.2 Å². The Morgan fingerprint density at radius 3 is 2.58 bits per heavy atom. The quantitative estimate of drug-likeness (QED) is 0.719. The average molecular weight is 381 g/mol. The molecule has 0 aliphatic heterocycles. The maximum Gasteiger partial charge on any atom is 0.308 e. The first-order chi connectivity index (χ1) is 12.2. The summed E-state index contributed by atoms with van der Waals surface area (Å²) in [5.74, 6) is -2.89. The molecular formula is C19H27NO5S. The number of sulfone groups is 1. The summed E-state index contributed by atoms with van der Waals surface area (Å²) in [6.07, 6.45) is 3.76. The van der Waals surface area contributed by atoms with Crippen LogP contribution < -0.4 is 5.32 Å². The van der Waals surface area contributed by atoms with Crippen LogP contribution in [0.2, 0.25) is 0 Å². The number of carbonyl (C=O) groups is 2. The van der Waals surface area contributed by atoms with Crippen molar-refractivity contribution in [1.29, 1.82) is 0 Å². The molecule has 2 atom stereocenters. The van der Waals surface area contributed by atoms with E-state index in [0.29, 0.717) is 25.7 Å². The molecule has 1 aliphatic carbocycles. The number of hydrogen-bond donors (Lipinski definition) is 2. The Bertz CT molecular complexity index is 732. The Kier molecular flexibility index (Phi) is 6.81. The van der Waals surface area contributed by atoms with Crippen LogP contribution in [-0.4, -0.2) is 42.4 Å². The first kappa shape index (κ1) is 20.4. The van der Waals surface area contributed by atoms with E-state index in [9.17, 15) is 23.1 Å². The normalized spacial score (nSPS) is 23.3. The average Bonchev–Trinajstić information content (AvgIpc) is 2.54. The third-order valence-electron chi connectivity index (χ3n) is 5.05. The highest BCUT2D eigenvalue weighted by atomic mass is 32.2. The number of aliphatic carboxylic acids is 1. The Hall–Kier alpha value is -1.89. The van der Waals surface area contributed by atoms with Gasteiger partial charge >= 0.3 is 5.97 Å².